The number of nitro benzene ring substituents is 1. The van der Waals surface area contributed by atoms with Crippen LogP contribution in [0, 0.1) is 10.1 Å². The molecule has 38 heteroatoms. The van der Waals surface area contributed by atoms with Gasteiger partial charge in [-0.25, -0.2) is 50.5 Å². The number of nitrogens with two attached hydrogens (primary N) is 1. The minimum atomic E-state index is -4.87. The van der Waals surface area contributed by atoms with Crippen LogP contribution >= 0.6 is 64.1 Å². The van der Waals surface area contributed by atoms with Crippen LogP contribution in [0.25, 0.3) is 0 Å². The number of ether oxygens (including phenoxy) is 1. The van der Waals surface area contributed by atoms with Crippen LogP contribution in [-0.2, 0) is 72.1 Å². The molecule has 81 heavy (non-hydrogen) atoms. The SMILES string of the molecule is CC(C)(C)c1ccc(S(=O)(=O)Cl)cc1.Nc1ccc(S(=O)(=O)Cl)cc1.O=S(=O)(Cl)c1ccc(C(F)(F)F)cc1.O=S(=O)(Cl)c1cccc(C(F)(F)F)c1.O=S(=O)(Cl)c1cccc(OC(F)(F)F)c1.O=[N+]([O-])c1ccc(S(=O)(=O)Cl)cc1. The monoisotopic (exact) mass is 1390 g/mol. The van der Waals surface area contributed by atoms with E-state index >= 15 is 0 Å². The third kappa shape index (κ3) is 28.8. The van der Waals surface area contributed by atoms with Crippen molar-refractivity contribution in [3.05, 3.63) is 172 Å². The fourth-order valence-corrected chi connectivity index (χ4v) is 9.59. The molecule has 0 spiro atoms. The van der Waals surface area contributed by atoms with Gasteiger partial charge in [-0.15, -0.1) is 13.2 Å². The van der Waals surface area contributed by atoms with Crippen LogP contribution in [0.15, 0.2) is 175 Å². The topological polar surface area (TPSA) is 283 Å². The molecule has 448 valence electrons. The summed E-state index contributed by atoms with van der Waals surface area (Å²) in [5, 5.41) is 10.2. The van der Waals surface area contributed by atoms with E-state index in [0.29, 0.717) is 30.0 Å². The predicted octanol–water partition coefficient (Wildman–Crippen LogP) is 13.4. The lowest BCUT2D eigenvalue weighted by Crippen LogP contribution is -2.17. The summed E-state index contributed by atoms with van der Waals surface area (Å²) >= 11 is 0. The number of nitrogen functional groups attached to an aromatic ring is 1. The number of non-ortho nitro benzene ring substituents is 1. The predicted molar refractivity (Wildman–Crippen MR) is 283 cm³/mol. The number of halogens is 15. The van der Waals surface area contributed by atoms with Gasteiger partial charge in [0.1, 0.15) is 5.75 Å². The van der Waals surface area contributed by atoms with Crippen molar-refractivity contribution < 1.29 is 99.7 Å². The van der Waals surface area contributed by atoms with Gasteiger partial charge in [0.25, 0.3) is 60.0 Å². The summed E-state index contributed by atoms with van der Waals surface area (Å²) in [5.74, 6) is -0.635. The molecule has 0 saturated carbocycles. The Balaban J connectivity index is 0.000000487. The lowest BCUT2D eigenvalue weighted by atomic mass is 9.87. The number of nitrogens with zero attached hydrogens (tertiary/aromatic N) is 1. The Kier molecular flexibility index (Phi) is 26.6. The molecule has 0 amide bonds. The zero-order chi connectivity index (χ0) is 63.2. The van der Waals surface area contributed by atoms with Crippen LogP contribution in [0.5, 0.6) is 5.75 Å². The number of nitro groups is 1. The molecule has 2 N–H and O–H groups in total. The van der Waals surface area contributed by atoms with Crippen LogP contribution in [0.3, 0.4) is 0 Å². The summed E-state index contributed by atoms with van der Waals surface area (Å²) in [7, 11) is 6.85. The highest BCUT2D eigenvalue weighted by Crippen LogP contribution is 2.33. The van der Waals surface area contributed by atoms with Crippen LogP contribution in [0.4, 0.5) is 50.9 Å². The number of benzene rings is 6. The average molecular weight is 1400 g/mol. The number of alkyl halides is 9. The molecule has 0 radical (unpaired) electrons. The molecular weight excluding hydrogens is 1360 g/mol. The van der Waals surface area contributed by atoms with Crippen molar-refractivity contribution in [2.45, 2.75) is 74.3 Å². The third-order valence-corrected chi connectivity index (χ3v) is 16.9. The summed E-state index contributed by atoms with van der Waals surface area (Å²) in [6.07, 6.45) is -13.9. The summed E-state index contributed by atoms with van der Waals surface area (Å²) in [6.45, 7) is 6.20. The molecule has 0 aliphatic rings. The maximum Gasteiger partial charge on any atom is 0.573 e. The second-order valence-corrected chi connectivity index (χ2v) is 31.2. The number of hydrogen-bond donors (Lipinski definition) is 1. The number of rotatable bonds is 8. The third-order valence-electron chi connectivity index (χ3n) is 8.72. The fraction of sp³-hybridized carbons (Fsp3) is 0.163. The summed E-state index contributed by atoms with van der Waals surface area (Å²) in [5.41, 5.74) is 4.81. The van der Waals surface area contributed by atoms with E-state index in [9.17, 15) is 100 Å². The van der Waals surface area contributed by atoms with E-state index < -0.39 is 105 Å². The quantitative estimate of drug-likeness (QED) is 0.0487. The van der Waals surface area contributed by atoms with Crippen molar-refractivity contribution in [3.8, 4) is 5.75 Å². The first-order valence-electron chi connectivity index (χ1n) is 20.3. The molecular formula is C43H35Cl6F9N2O15S6. The number of hydrogen-bond acceptors (Lipinski definition) is 16. The smallest absolute Gasteiger partial charge is 0.406 e. The highest BCUT2D eigenvalue weighted by Gasteiger charge is 2.33. The van der Waals surface area contributed by atoms with Gasteiger partial charge in [-0.3, -0.25) is 10.1 Å². The van der Waals surface area contributed by atoms with E-state index in [2.05, 4.69) is 25.5 Å². The van der Waals surface area contributed by atoms with E-state index in [1.54, 1.807) is 12.1 Å². The fourth-order valence-electron chi connectivity index (χ4n) is 4.93. The Morgan fingerprint density at radius 3 is 1.00 bits per heavy atom. The lowest BCUT2D eigenvalue weighted by Gasteiger charge is -2.18. The van der Waals surface area contributed by atoms with Crippen molar-refractivity contribution in [1.29, 1.82) is 0 Å². The highest BCUT2D eigenvalue weighted by molar-refractivity contribution is 8.15. The van der Waals surface area contributed by atoms with Crippen LogP contribution < -0.4 is 10.5 Å². The van der Waals surface area contributed by atoms with Gasteiger partial charge in [0.2, 0.25) is 0 Å². The van der Waals surface area contributed by atoms with E-state index in [1.165, 1.54) is 36.4 Å². The van der Waals surface area contributed by atoms with Crippen LogP contribution in [0.2, 0.25) is 0 Å². The van der Waals surface area contributed by atoms with Gasteiger partial charge < -0.3 is 10.5 Å². The largest absolute Gasteiger partial charge is 0.573 e. The molecule has 0 unspecified atom stereocenters. The van der Waals surface area contributed by atoms with Crippen molar-refractivity contribution in [2.75, 3.05) is 5.73 Å². The highest BCUT2D eigenvalue weighted by atomic mass is 35.7. The first kappa shape index (κ1) is 74.1. The lowest BCUT2D eigenvalue weighted by molar-refractivity contribution is -0.384. The number of anilines is 1. The second-order valence-electron chi connectivity index (χ2n) is 15.8. The summed E-state index contributed by atoms with van der Waals surface area (Å²) in [6, 6.07) is 26.6. The van der Waals surface area contributed by atoms with Gasteiger partial charge in [0, 0.05) is 88.0 Å². The van der Waals surface area contributed by atoms with Crippen LogP contribution in [0.1, 0.15) is 37.5 Å². The second kappa shape index (κ2) is 29.1. The molecule has 0 heterocycles. The Morgan fingerprint density at radius 2 is 0.704 bits per heavy atom. The first-order chi connectivity index (χ1) is 36.2. The van der Waals surface area contributed by atoms with Gasteiger partial charge >= 0.3 is 18.7 Å². The molecule has 0 bridgehead atoms. The van der Waals surface area contributed by atoms with E-state index in [-0.39, 0.29) is 30.7 Å². The molecule has 17 nitrogen and oxygen atoms in total. The van der Waals surface area contributed by atoms with Crippen LogP contribution in [-0.4, -0.2) is 61.8 Å². The van der Waals surface area contributed by atoms with Gasteiger partial charge in [0.15, 0.2) is 0 Å². The Hall–Kier alpha value is -4.87. The average Bonchev–Trinajstić information content (AvgIpc) is 3.30. The van der Waals surface area contributed by atoms with Crippen molar-refractivity contribution in [3.63, 3.8) is 0 Å². The molecule has 6 rings (SSSR count). The van der Waals surface area contributed by atoms with Gasteiger partial charge in [-0.05, 0) is 114 Å². The molecule has 0 aromatic heterocycles. The van der Waals surface area contributed by atoms with E-state index in [0.717, 1.165) is 78.4 Å². The molecule has 6 aromatic rings. The maximum atomic E-state index is 12.1. The minimum absolute atomic E-state index is 0.0224. The zero-order valence-electron chi connectivity index (χ0n) is 40.1. The van der Waals surface area contributed by atoms with Gasteiger partial charge in [0.05, 0.1) is 45.4 Å². The molecule has 0 aliphatic carbocycles. The molecule has 0 aliphatic heterocycles. The molecule has 6 aromatic carbocycles. The first-order valence-corrected chi connectivity index (χ1v) is 34.2. The zero-order valence-corrected chi connectivity index (χ0v) is 49.6. The summed E-state index contributed by atoms with van der Waals surface area (Å²) < 4.78 is 240. The standard InChI is InChI=1S/C10H13ClO2S.C7H4ClF3O3S.2C7H4ClF3O2S.C6H4ClNO4S.C6H6ClNO2S/c1-10(2,3)8-4-6-9(7-5-8)14(11,12)13;8-15(12,13)6-3-1-2-5(4-6)14-7(9,10)11;8-14(12,13)6-3-1-5(2-4-6)7(9,10)11;8-14(12,13)6-3-1-2-5(4-6)7(9,10)11;7-13(11,12)6-3-1-5(2-4-6)8(9)10;7-11(9,10)6-3-1-5(8)2-4-6/h4-7H,1-3H3;1-4H;2*1-4H;1-4H;1-4H,8H2. The van der Waals surface area contributed by atoms with Gasteiger partial charge in [-0.1, -0.05) is 45.0 Å². The Morgan fingerprint density at radius 1 is 0.407 bits per heavy atom. The van der Waals surface area contributed by atoms with E-state index in [4.69, 9.17) is 69.8 Å². The Labute approximate surface area is 483 Å². The normalized spacial score (nSPS) is 12.3. The summed E-state index contributed by atoms with van der Waals surface area (Å²) in [4.78, 5) is 8.25. The molecule has 0 fully saturated rings. The van der Waals surface area contributed by atoms with Crippen molar-refractivity contribution in [2.24, 2.45) is 0 Å². The van der Waals surface area contributed by atoms with Crippen molar-refractivity contribution in [1.82, 2.24) is 0 Å². The van der Waals surface area contributed by atoms with Crippen molar-refractivity contribution >= 4 is 130 Å². The minimum Gasteiger partial charge on any atom is -0.406 e. The molecule has 0 saturated heterocycles. The molecule has 0 atom stereocenters. The van der Waals surface area contributed by atoms with Gasteiger partial charge in [-0.2, -0.15) is 26.3 Å². The Bertz CT molecular complexity index is 3720. The maximum absolute atomic E-state index is 12.1. The van der Waals surface area contributed by atoms with E-state index in [1.807, 2.05) is 0 Å².